The molecule has 2 aromatic rings. The van der Waals surface area contributed by atoms with E-state index < -0.39 is 6.04 Å². The molecule has 3 N–H and O–H groups in total. The number of aromatic nitrogens is 2. The molecule has 0 spiro atoms. The van der Waals surface area contributed by atoms with Gasteiger partial charge in [0.15, 0.2) is 0 Å². The molecule has 0 radical (unpaired) electrons. The van der Waals surface area contributed by atoms with E-state index in [0.29, 0.717) is 24.3 Å². The van der Waals surface area contributed by atoms with Gasteiger partial charge in [0.1, 0.15) is 12.6 Å². The predicted molar refractivity (Wildman–Crippen MR) is 99.8 cm³/mol. The fourth-order valence-electron chi connectivity index (χ4n) is 3.58. The van der Waals surface area contributed by atoms with Gasteiger partial charge in [-0.1, -0.05) is 6.07 Å². The second-order valence-corrected chi connectivity index (χ2v) is 6.98. The molecule has 1 aliphatic rings. The number of nitrogens with zero attached hydrogens (tertiary/aromatic N) is 3. The van der Waals surface area contributed by atoms with Crippen molar-refractivity contribution < 1.29 is 9.59 Å². The summed E-state index contributed by atoms with van der Waals surface area (Å²) in [6.07, 6.45) is 0. The number of piperazine rings is 1. The Balaban J connectivity index is 1.74. The summed E-state index contributed by atoms with van der Waals surface area (Å²) in [5, 5.41) is 6.94. The highest BCUT2D eigenvalue weighted by Crippen LogP contribution is 2.23. The van der Waals surface area contributed by atoms with E-state index in [2.05, 4.69) is 16.3 Å². The third-order valence-electron chi connectivity index (χ3n) is 4.81. The van der Waals surface area contributed by atoms with E-state index in [4.69, 9.17) is 5.73 Å². The first-order valence-electron chi connectivity index (χ1n) is 8.72. The van der Waals surface area contributed by atoms with E-state index in [-0.39, 0.29) is 18.4 Å². The SMILES string of the molecule is Cc1cc(C)cc(N2CCN(C(=O)[C@H](N)c3c(C)n[nH]c3C)CC2=O)c1. The fourth-order valence-corrected chi connectivity index (χ4v) is 3.58. The number of H-pyrrole nitrogens is 1. The van der Waals surface area contributed by atoms with Crippen LogP contribution >= 0.6 is 0 Å². The number of anilines is 1. The topological polar surface area (TPSA) is 95.3 Å². The molecule has 1 aromatic heterocycles. The summed E-state index contributed by atoms with van der Waals surface area (Å²) in [5.41, 5.74) is 11.5. The van der Waals surface area contributed by atoms with Crippen LogP contribution in [0.3, 0.4) is 0 Å². The van der Waals surface area contributed by atoms with Crippen LogP contribution in [0.2, 0.25) is 0 Å². The molecule has 3 rings (SSSR count). The molecule has 26 heavy (non-hydrogen) atoms. The summed E-state index contributed by atoms with van der Waals surface area (Å²) in [6, 6.07) is 5.25. The van der Waals surface area contributed by atoms with Gasteiger partial charge in [-0.15, -0.1) is 0 Å². The molecule has 138 valence electrons. The number of carbonyl (C=O) groups excluding carboxylic acids is 2. The normalized spacial score (nSPS) is 16.1. The maximum Gasteiger partial charge on any atom is 0.246 e. The average Bonchev–Trinajstić information content (AvgIpc) is 2.91. The number of amides is 2. The van der Waals surface area contributed by atoms with Crippen LogP contribution in [0.5, 0.6) is 0 Å². The Morgan fingerprint density at radius 1 is 1.15 bits per heavy atom. The van der Waals surface area contributed by atoms with Crippen molar-refractivity contribution in [3.05, 3.63) is 46.3 Å². The lowest BCUT2D eigenvalue weighted by Crippen LogP contribution is -2.54. The number of aromatic amines is 1. The first kappa shape index (κ1) is 18.1. The quantitative estimate of drug-likeness (QED) is 0.872. The zero-order chi connectivity index (χ0) is 19.0. The minimum absolute atomic E-state index is 0.0372. The van der Waals surface area contributed by atoms with Crippen molar-refractivity contribution in [3.8, 4) is 0 Å². The zero-order valence-electron chi connectivity index (χ0n) is 15.7. The van der Waals surface area contributed by atoms with Crippen LogP contribution in [0.4, 0.5) is 5.69 Å². The lowest BCUT2D eigenvalue weighted by molar-refractivity contribution is -0.138. The molecule has 1 aliphatic heterocycles. The first-order valence-corrected chi connectivity index (χ1v) is 8.72. The monoisotopic (exact) mass is 355 g/mol. The van der Waals surface area contributed by atoms with Crippen molar-refractivity contribution in [2.75, 3.05) is 24.5 Å². The van der Waals surface area contributed by atoms with Crippen LogP contribution < -0.4 is 10.6 Å². The van der Waals surface area contributed by atoms with E-state index in [9.17, 15) is 9.59 Å². The number of rotatable bonds is 3. The standard InChI is InChI=1S/C19H25N5O2/c1-11-7-12(2)9-15(8-11)24-6-5-23(10-16(24)25)19(26)18(20)17-13(3)21-22-14(17)4/h7-9,18H,5-6,10,20H2,1-4H3,(H,21,22)/t18-/m1/s1. The highest BCUT2D eigenvalue weighted by atomic mass is 16.2. The number of nitrogens with one attached hydrogen (secondary N) is 1. The Morgan fingerprint density at radius 3 is 2.35 bits per heavy atom. The fraction of sp³-hybridized carbons (Fsp3) is 0.421. The minimum atomic E-state index is -0.811. The van der Waals surface area contributed by atoms with Gasteiger partial charge in [-0.2, -0.15) is 5.10 Å². The third-order valence-corrected chi connectivity index (χ3v) is 4.81. The van der Waals surface area contributed by atoms with Crippen molar-refractivity contribution >= 4 is 17.5 Å². The molecule has 2 heterocycles. The lowest BCUT2D eigenvalue weighted by Gasteiger charge is -2.35. The molecule has 0 bridgehead atoms. The molecule has 1 aromatic carbocycles. The summed E-state index contributed by atoms with van der Waals surface area (Å²) in [7, 11) is 0. The molecule has 7 heteroatoms. The Hall–Kier alpha value is -2.67. The summed E-state index contributed by atoms with van der Waals surface area (Å²) < 4.78 is 0. The summed E-state index contributed by atoms with van der Waals surface area (Å²) >= 11 is 0. The van der Waals surface area contributed by atoms with Crippen molar-refractivity contribution in [2.24, 2.45) is 5.73 Å². The maximum atomic E-state index is 12.8. The second kappa shape index (κ2) is 6.92. The molecule has 0 aliphatic carbocycles. The van der Waals surface area contributed by atoms with Gasteiger partial charge in [-0.05, 0) is 51.0 Å². The van der Waals surface area contributed by atoms with Gasteiger partial charge >= 0.3 is 0 Å². The van der Waals surface area contributed by atoms with Crippen LogP contribution in [-0.4, -0.2) is 46.5 Å². The number of hydrogen-bond acceptors (Lipinski definition) is 4. The Labute approximate surface area is 153 Å². The van der Waals surface area contributed by atoms with Gasteiger partial charge < -0.3 is 15.5 Å². The lowest BCUT2D eigenvalue weighted by atomic mass is 10.0. The average molecular weight is 355 g/mol. The number of aryl methyl sites for hydroxylation is 4. The zero-order valence-corrected chi connectivity index (χ0v) is 15.7. The van der Waals surface area contributed by atoms with Gasteiger partial charge in [0.25, 0.3) is 0 Å². The molecular formula is C19H25N5O2. The van der Waals surface area contributed by atoms with Crippen LogP contribution in [0, 0.1) is 27.7 Å². The molecule has 0 unspecified atom stereocenters. The molecule has 1 saturated heterocycles. The highest BCUT2D eigenvalue weighted by molar-refractivity contribution is 5.98. The van der Waals surface area contributed by atoms with E-state index in [1.54, 1.807) is 4.90 Å². The Morgan fingerprint density at radius 2 is 1.81 bits per heavy atom. The molecule has 1 fully saturated rings. The number of nitrogens with two attached hydrogens (primary N) is 1. The van der Waals surface area contributed by atoms with Gasteiger partial charge in [0, 0.05) is 30.0 Å². The van der Waals surface area contributed by atoms with Crippen LogP contribution in [-0.2, 0) is 9.59 Å². The summed E-state index contributed by atoms with van der Waals surface area (Å²) in [6.45, 7) is 8.63. The number of benzene rings is 1. The van der Waals surface area contributed by atoms with Crippen molar-refractivity contribution in [3.63, 3.8) is 0 Å². The molecule has 7 nitrogen and oxygen atoms in total. The Kier molecular flexibility index (Phi) is 4.82. The summed E-state index contributed by atoms with van der Waals surface area (Å²) in [5.74, 6) is -0.339. The van der Waals surface area contributed by atoms with Crippen LogP contribution in [0.25, 0.3) is 0 Å². The number of hydrogen-bond donors (Lipinski definition) is 2. The van der Waals surface area contributed by atoms with E-state index in [1.165, 1.54) is 4.90 Å². The van der Waals surface area contributed by atoms with Crippen LogP contribution in [0.1, 0.15) is 34.1 Å². The Bertz CT molecular complexity index is 818. The van der Waals surface area contributed by atoms with Crippen molar-refractivity contribution in [1.82, 2.24) is 15.1 Å². The van der Waals surface area contributed by atoms with Gasteiger partial charge in [0.2, 0.25) is 11.8 Å². The van der Waals surface area contributed by atoms with E-state index >= 15 is 0 Å². The van der Waals surface area contributed by atoms with Crippen molar-refractivity contribution in [2.45, 2.75) is 33.7 Å². The highest BCUT2D eigenvalue weighted by Gasteiger charge is 2.32. The van der Waals surface area contributed by atoms with Crippen LogP contribution in [0.15, 0.2) is 18.2 Å². The maximum absolute atomic E-state index is 12.8. The smallest absolute Gasteiger partial charge is 0.246 e. The first-order chi connectivity index (χ1) is 12.3. The third kappa shape index (κ3) is 3.35. The molecule has 1 atom stereocenters. The van der Waals surface area contributed by atoms with Gasteiger partial charge in [0.05, 0.1) is 5.69 Å². The van der Waals surface area contributed by atoms with Gasteiger partial charge in [-0.3, -0.25) is 14.7 Å². The number of carbonyl (C=O) groups is 2. The van der Waals surface area contributed by atoms with E-state index in [0.717, 1.165) is 22.5 Å². The molecule has 2 amide bonds. The van der Waals surface area contributed by atoms with E-state index in [1.807, 2.05) is 39.8 Å². The molecule has 0 saturated carbocycles. The minimum Gasteiger partial charge on any atom is -0.330 e. The molecular weight excluding hydrogens is 330 g/mol. The second-order valence-electron chi connectivity index (χ2n) is 6.98. The largest absolute Gasteiger partial charge is 0.330 e. The van der Waals surface area contributed by atoms with Crippen molar-refractivity contribution in [1.29, 1.82) is 0 Å². The van der Waals surface area contributed by atoms with Gasteiger partial charge in [-0.25, -0.2) is 0 Å². The predicted octanol–water partition coefficient (Wildman–Crippen LogP) is 1.52. The summed E-state index contributed by atoms with van der Waals surface area (Å²) in [4.78, 5) is 28.7.